The molecule has 1 saturated heterocycles. The van der Waals surface area contributed by atoms with Crippen LogP contribution in [0.4, 0.5) is 4.79 Å². The molecule has 0 bridgehead atoms. The zero-order chi connectivity index (χ0) is 13.8. The molecule has 20 heavy (non-hydrogen) atoms. The monoisotopic (exact) mass is 276 g/mol. The lowest BCUT2D eigenvalue weighted by molar-refractivity contribution is -0.186. The highest BCUT2D eigenvalue weighted by Gasteiger charge is 2.25. The number of hydrogen-bond donors (Lipinski definition) is 2. The molecule has 5 heteroatoms. The van der Waals surface area contributed by atoms with Crippen molar-refractivity contribution in [1.29, 1.82) is 0 Å². The van der Waals surface area contributed by atoms with Gasteiger partial charge in [0.1, 0.15) is 0 Å². The summed E-state index contributed by atoms with van der Waals surface area (Å²) in [5.41, 5.74) is 5.12. The molecule has 3 rings (SSSR count). The number of carbonyl (C=O) groups excluding carboxylic acids is 1. The molecule has 0 spiro atoms. The molecule has 5 nitrogen and oxygen atoms in total. The highest BCUT2D eigenvalue weighted by molar-refractivity contribution is 5.72. The van der Waals surface area contributed by atoms with Crippen molar-refractivity contribution in [3.63, 3.8) is 0 Å². The number of rotatable bonds is 4. The molecule has 0 unspecified atom stereocenters. The van der Waals surface area contributed by atoms with Gasteiger partial charge in [-0.25, -0.2) is 15.1 Å². The molecule has 2 aliphatic rings. The Morgan fingerprint density at radius 2 is 2.25 bits per heavy atom. The first kappa shape index (κ1) is 13.4. The lowest BCUT2D eigenvalue weighted by Crippen LogP contribution is -2.42. The smallest absolute Gasteiger partial charge is 0.338 e. The summed E-state index contributed by atoms with van der Waals surface area (Å²) in [5.74, 6) is 0.419. The molecule has 108 valence electrons. The van der Waals surface area contributed by atoms with E-state index >= 15 is 0 Å². The number of hydroxylamine groups is 1. The van der Waals surface area contributed by atoms with Crippen LogP contribution >= 0.6 is 0 Å². The average molecular weight is 276 g/mol. The molecular formula is C15H20N2O3. The first-order valence-corrected chi connectivity index (χ1v) is 7.22. The number of urea groups is 1. The summed E-state index contributed by atoms with van der Waals surface area (Å²) < 4.78 is 5.37. The Balaban J connectivity index is 1.36. The predicted octanol–water partition coefficient (Wildman–Crippen LogP) is 2.08. The van der Waals surface area contributed by atoms with Crippen LogP contribution in [0.15, 0.2) is 24.3 Å². The van der Waals surface area contributed by atoms with Crippen molar-refractivity contribution < 1.29 is 14.4 Å². The number of benzene rings is 1. The van der Waals surface area contributed by atoms with E-state index in [1.165, 1.54) is 11.1 Å². The molecule has 0 radical (unpaired) electrons. The predicted molar refractivity (Wildman–Crippen MR) is 74.1 cm³/mol. The van der Waals surface area contributed by atoms with Gasteiger partial charge in [0, 0.05) is 25.5 Å². The minimum atomic E-state index is -0.307. The molecule has 1 aromatic rings. The van der Waals surface area contributed by atoms with Gasteiger partial charge in [-0.1, -0.05) is 24.3 Å². The Bertz CT molecular complexity index is 472. The van der Waals surface area contributed by atoms with Crippen LogP contribution in [0.5, 0.6) is 0 Å². The fourth-order valence-electron chi connectivity index (χ4n) is 2.72. The fourth-order valence-corrected chi connectivity index (χ4v) is 2.72. The van der Waals surface area contributed by atoms with Crippen molar-refractivity contribution in [3.05, 3.63) is 35.4 Å². The van der Waals surface area contributed by atoms with Gasteiger partial charge in [0.2, 0.25) is 0 Å². The van der Waals surface area contributed by atoms with Crippen LogP contribution in [0, 0.1) is 0 Å². The molecule has 2 atom stereocenters. The first-order valence-electron chi connectivity index (χ1n) is 7.22. The van der Waals surface area contributed by atoms with E-state index in [4.69, 9.17) is 9.57 Å². The maximum absolute atomic E-state index is 11.6. The van der Waals surface area contributed by atoms with Crippen LogP contribution in [0.25, 0.3) is 0 Å². The lowest BCUT2D eigenvalue weighted by Gasteiger charge is -2.30. The van der Waals surface area contributed by atoms with Crippen LogP contribution in [0.3, 0.4) is 0 Å². The summed E-state index contributed by atoms with van der Waals surface area (Å²) in [6, 6.07) is 8.04. The Labute approximate surface area is 118 Å². The maximum Gasteiger partial charge on any atom is 0.338 e. The van der Waals surface area contributed by atoms with E-state index in [-0.39, 0.29) is 12.3 Å². The fraction of sp³-hybridized carbons (Fsp3) is 0.533. The second kappa shape index (κ2) is 6.24. The second-order valence-corrected chi connectivity index (χ2v) is 5.33. The molecule has 1 fully saturated rings. The van der Waals surface area contributed by atoms with Crippen molar-refractivity contribution in [3.8, 4) is 0 Å². The minimum absolute atomic E-state index is 0.302. The van der Waals surface area contributed by atoms with Gasteiger partial charge in [-0.15, -0.1) is 0 Å². The molecule has 1 aliphatic carbocycles. The lowest BCUT2D eigenvalue weighted by atomic mass is 9.78. The summed E-state index contributed by atoms with van der Waals surface area (Å²) in [6.45, 7) is 1.34. The van der Waals surface area contributed by atoms with Crippen molar-refractivity contribution in [1.82, 2.24) is 10.8 Å². The van der Waals surface area contributed by atoms with E-state index in [0.29, 0.717) is 19.1 Å². The van der Waals surface area contributed by atoms with E-state index in [0.717, 1.165) is 25.7 Å². The van der Waals surface area contributed by atoms with Gasteiger partial charge >= 0.3 is 6.03 Å². The van der Waals surface area contributed by atoms with E-state index < -0.39 is 0 Å². The molecule has 2 amide bonds. The third kappa shape index (κ3) is 3.11. The Hall–Kier alpha value is -1.59. The molecule has 0 aromatic heterocycles. The van der Waals surface area contributed by atoms with Crippen LogP contribution in [-0.2, 0) is 16.0 Å². The van der Waals surface area contributed by atoms with Crippen molar-refractivity contribution >= 4 is 6.03 Å². The third-order valence-corrected chi connectivity index (χ3v) is 3.89. The molecular weight excluding hydrogens is 256 g/mol. The zero-order valence-electron chi connectivity index (χ0n) is 11.4. The van der Waals surface area contributed by atoms with Gasteiger partial charge in [0.25, 0.3) is 0 Å². The third-order valence-electron chi connectivity index (χ3n) is 3.89. The summed E-state index contributed by atoms with van der Waals surface area (Å²) in [6.07, 6.45) is 3.69. The number of hydrogen-bond acceptors (Lipinski definition) is 3. The van der Waals surface area contributed by atoms with Gasteiger partial charge in [-0.3, -0.25) is 0 Å². The number of nitrogens with one attached hydrogen (secondary N) is 2. The van der Waals surface area contributed by atoms with Crippen molar-refractivity contribution in [2.45, 2.75) is 37.9 Å². The highest BCUT2D eigenvalue weighted by atomic mass is 16.8. The number of fused-ring (bicyclic) bond motifs is 1. The number of carbonyl (C=O) groups is 1. The SMILES string of the molecule is O=C(NC[C@H]1Cc2ccccc21)NO[C@@H]1CCCCO1. The van der Waals surface area contributed by atoms with Gasteiger partial charge in [0.15, 0.2) is 6.29 Å². The van der Waals surface area contributed by atoms with Crippen LogP contribution in [0.1, 0.15) is 36.3 Å². The highest BCUT2D eigenvalue weighted by Crippen LogP contribution is 2.33. The Morgan fingerprint density at radius 3 is 3.05 bits per heavy atom. The first-order chi connectivity index (χ1) is 9.83. The molecule has 1 heterocycles. The van der Waals surface area contributed by atoms with Gasteiger partial charge in [-0.05, 0) is 30.4 Å². The number of amides is 2. The quantitative estimate of drug-likeness (QED) is 0.828. The molecule has 2 N–H and O–H groups in total. The molecule has 1 aromatic carbocycles. The molecule has 0 saturated carbocycles. The summed E-state index contributed by atoms with van der Waals surface area (Å²) >= 11 is 0. The van der Waals surface area contributed by atoms with Gasteiger partial charge < -0.3 is 10.1 Å². The average Bonchev–Trinajstić information content (AvgIpc) is 2.47. The second-order valence-electron chi connectivity index (χ2n) is 5.33. The zero-order valence-corrected chi connectivity index (χ0v) is 11.4. The normalized spacial score (nSPS) is 24.4. The van der Waals surface area contributed by atoms with Crippen molar-refractivity contribution in [2.75, 3.05) is 13.2 Å². The summed E-state index contributed by atoms with van der Waals surface area (Å²) in [5, 5.41) is 2.83. The van der Waals surface area contributed by atoms with E-state index in [1.54, 1.807) is 0 Å². The Kier molecular flexibility index (Phi) is 4.18. The Morgan fingerprint density at radius 1 is 1.35 bits per heavy atom. The van der Waals surface area contributed by atoms with Gasteiger partial charge in [0.05, 0.1) is 0 Å². The van der Waals surface area contributed by atoms with Crippen LogP contribution < -0.4 is 10.8 Å². The molecule has 1 aliphatic heterocycles. The minimum Gasteiger partial charge on any atom is -0.350 e. The topological polar surface area (TPSA) is 59.6 Å². The maximum atomic E-state index is 11.6. The van der Waals surface area contributed by atoms with Crippen LogP contribution in [-0.4, -0.2) is 25.5 Å². The van der Waals surface area contributed by atoms with E-state index in [1.807, 2.05) is 12.1 Å². The van der Waals surface area contributed by atoms with E-state index in [9.17, 15) is 4.79 Å². The largest absolute Gasteiger partial charge is 0.350 e. The summed E-state index contributed by atoms with van der Waals surface area (Å²) in [7, 11) is 0. The van der Waals surface area contributed by atoms with E-state index in [2.05, 4.69) is 22.9 Å². The number of ether oxygens (including phenoxy) is 1. The van der Waals surface area contributed by atoms with Crippen molar-refractivity contribution in [2.24, 2.45) is 0 Å². The summed E-state index contributed by atoms with van der Waals surface area (Å²) in [4.78, 5) is 16.9. The van der Waals surface area contributed by atoms with Gasteiger partial charge in [-0.2, -0.15) is 0 Å². The standard InChI is InChI=1S/C15H20N2O3/c18-15(17-20-14-7-3-4-8-19-14)16-10-12-9-11-5-1-2-6-13(11)12/h1-2,5-6,12,14H,3-4,7-10H2,(H2,16,17,18)/t12-,14-/m1/s1. The van der Waals surface area contributed by atoms with Crippen LogP contribution in [0.2, 0.25) is 0 Å².